The molecule has 21 heavy (non-hydrogen) atoms. The minimum atomic E-state index is -4.18. The van der Waals surface area contributed by atoms with E-state index >= 15 is 0 Å². The third-order valence-electron chi connectivity index (χ3n) is 3.59. The Labute approximate surface area is 125 Å². The molecule has 0 aromatic carbocycles. The van der Waals surface area contributed by atoms with Crippen LogP contribution in [0, 0.1) is 5.92 Å². The number of carbonyl (C=O) groups excluding carboxylic acids is 1. The summed E-state index contributed by atoms with van der Waals surface area (Å²) in [6.07, 6.45) is -3.44. The molecule has 1 aliphatic rings. The van der Waals surface area contributed by atoms with Gasteiger partial charge in [-0.05, 0) is 18.9 Å². The summed E-state index contributed by atoms with van der Waals surface area (Å²) in [6.45, 7) is 2.65. The van der Waals surface area contributed by atoms with Crippen molar-refractivity contribution in [1.29, 1.82) is 0 Å². The van der Waals surface area contributed by atoms with Crippen LogP contribution in [0.1, 0.15) is 23.8 Å². The van der Waals surface area contributed by atoms with E-state index in [9.17, 15) is 18.0 Å². The summed E-state index contributed by atoms with van der Waals surface area (Å²) in [5.41, 5.74) is 2.02. The van der Waals surface area contributed by atoms with Gasteiger partial charge in [0, 0.05) is 25.0 Å². The molecule has 1 unspecified atom stereocenters. The lowest BCUT2D eigenvalue weighted by molar-refractivity contribution is -0.146. The van der Waals surface area contributed by atoms with Gasteiger partial charge in [-0.15, -0.1) is 11.3 Å². The second-order valence-corrected chi connectivity index (χ2v) is 5.94. The lowest BCUT2D eigenvalue weighted by atomic mass is 10.1. The van der Waals surface area contributed by atoms with Gasteiger partial charge in [0.15, 0.2) is 0 Å². The number of hydrogen-bond donors (Lipinski definition) is 0. The molecule has 1 amide bonds. The lowest BCUT2D eigenvalue weighted by Crippen LogP contribution is -2.38. The van der Waals surface area contributed by atoms with Crippen LogP contribution in [0.2, 0.25) is 0 Å². The zero-order valence-electron chi connectivity index (χ0n) is 11.8. The summed E-state index contributed by atoms with van der Waals surface area (Å²) < 4.78 is 37.3. The first-order chi connectivity index (χ1) is 9.89. The molecule has 1 aromatic rings. The lowest BCUT2D eigenvalue weighted by Gasteiger charge is -2.25. The van der Waals surface area contributed by atoms with E-state index in [2.05, 4.69) is 4.98 Å². The predicted octanol–water partition coefficient (Wildman–Crippen LogP) is 2.49. The highest BCUT2D eigenvalue weighted by molar-refractivity contribution is 7.07. The van der Waals surface area contributed by atoms with Gasteiger partial charge in [0.1, 0.15) is 5.69 Å². The van der Waals surface area contributed by atoms with Crippen LogP contribution in [0.3, 0.4) is 0 Å². The molecule has 0 N–H and O–H groups in total. The summed E-state index contributed by atoms with van der Waals surface area (Å²) in [5, 5.41) is 1.69. The molecule has 1 aromatic heterocycles. The number of hydrogen-bond acceptors (Lipinski definition) is 4. The molecule has 2 heterocycles. The number of halogens is 3. The van der Waals surface area contributed by atoms with Crippen LogP contribution in [0.5, 0.6) is 0 Å². The van der Waals surface area contributed by atoms with E-state index in [1.165, 1.54) is 16.2 Å². The number of thiazole rings is 1. The molecule has 1 atom stereocenters. The third-order valence-corrected chi connectivity index (χ3v) is 4.18. The van der Waals surface area contributed by atoms with Crippen molar-refractivity contribution in [2.45, 2.75) is 19.5 Å². The Kier molecular flexibility index (Phi) is 5.21. The summed E-state index contributed by atoms with van der Waals surface area (Å²) >= 11 is 1.36. The van der Waals surface area contributed by atoms with Crippen molar-refractivity contribution in [3.63, 3.8) is 0 Å². The van der Waals surface area contributed by atoms with Crippen molar-refractivity contribution in [3.8, 4) is 0 Å². The summed E-state index contributed by atoms with van der Waals surface area (Å²) in [6, 6.07) is 0. The van der Waals surface area contributed by atoms with E-state index in [4.69, 9.17) is 0 Å². The Morgan fingerprint density at radius 2 is 2.33 bits per heavy atom. The van der Waals surface area contributed by atoms with Crippen molar-refractivity contribution in [2.75, 3.05) is 32.7 Å². The van der Waals surface area contributed by atoms with Crippen LogP contribution in [0.15, 0.2) is 10.9 Å². The van der Waals surface area contributed by atoms with Gasteiger partial charge in [-0.2, -0.15) is 13.2 Å². The van der Waals surface area contributed by atoms with Gasteiger partial charge in [-0.1, -0.05) is 6.92 Å². The Hall–Kier alpha value is -1.15. The highest BCUT2D eigenvalue weighted by Crippen LogP contribution is 2.22. The first kappa shape index (κ1) is 16.2. The monoisotopic (exact) mass is 321 g/mol. The van der Waals surface area contributed by atoms with Gasteiger partial charge in [-0.3, -0.25) is 9.69 Å². The van der Waals surface area contributed by atoms with Crippen LogP contribution >= 0.6 is 11.3 Å². The summed E-state index contributed by atoms with van der Waals surface area (Å²) in [4.78, 5) is 19.2. The molecular formula is C13H18F3N3OS. The molecule has 0 bridgehead atoms. The van der Waals surface area contributed by atoms with E-state index in [0.29, 0.717) is 31.9 Å². The molecular weight excluding hydrogens is 303 g/mol. The molecule has 0 spiro atoms. The average molecular weight is 321 g/mol. The van der Waals surface area contributed by atoms with Crippen molar-refractivity contribution in [1.82, 2.24) is 14.8 Å². The van der Waals surface area contributed by atoms with Crippen LogP contribution in [-0.4, -0.2) is 59.6 Å². The summed E-state index contributed by atoms with van der Waals surface area (Å²) in [5.74, 6) is -0.0347. The molecule has 1 fully saturated rings. The molecule has 0 radical (unpaired) electrons. The number of likely N-dealkylation sites (tertiary alicyclic amines) is 1. The molecule has 4 nitrogen and oxygen atoms in total. The largest absolute Gasteiger partial charge is 0.401 e. The van der Waals surface area contributed by atoms with E-state index in [1.54, 1.807) is 22.7 Å². The average Bonchev–Trinajstić information content (AvgIpc) is 3.06. The van der Waals surface area contributed by atoms with E-state index in [0.717, 1.165) is 6.42 Å². The third kappa shape index (κ3) is 4.67. The molecule has 1 aliphatic heterocycles. The Balaban J connectivity index is 1.86. The zero-order valence-corrected chi connectivity index (χ0v) is 12.6. The first-order valence-corrected chi connectivity index (χ1v) is 7.80. The van der Waals surface area contributed by atoms with Gasteiger partial charge in [-0.25, -0.2) is 4.98 Å². The second-order valence-electron chi connectivity index (χ2n) is 5.22. The van der Waals surface area contributed by atoms with Crippen molar-refractivity contribution >= 4 is 17.2 Å². The summed E-state index contributed by atoms with van der Waals surface area (Å²) in [7, 11) is 0. The number of alkyl halides is 3. The topological polar surface area (TPSA) is 36.4 Å². The van der Waals surface area contributed by atoms with Gasteiger partial charge >= 0.3 is 6.18 Å². The van der Waals surface area contributed by atoms with Gasteiger partial charge in [0.2, 0.25) is 0 Å². The molecule has 1 saturated heterocycles. The Morgan fingerprint density at radius 3 is 2.90 bits per heavy atom. The Morgan fingerprint density at radius 1 is 1.57 bits per heavy atom. The Bertz CT molecular complexity index is 464. The van der Waals surface area contributed by atoms with Crippen molar-refractivity contribution in [3.05, 3.63) is 16.6 Å². The van der Waals surface area contributed by atoms with Crippen LogP contribution in [0.25, 0.3) is 0 Å². The maximum absolute atomic E-state index is 12.4. The number of nitrogens with zero attached hydrogens (tertiary/aromatic N) is 3. The molecule has 118 valence electrons. The predicted molar refractivity (Wildman–Crippen MR) is 74.3 cm³/mol. The van der Waals surface area contributed by atoms with E-state index in [-0.39, 0.29) is 11.8 Å². The van der Waals surface area contributed by atoms with Crippen molar-refractivity contribution in [2.24, 2.45) is 5.92 Å². The molecule has 2 rings (SSSR count). The fourth-order valence-electron chi connectivity index (χ4n) is 2.57. The van der Waals surface area contributed by atoms with Gasteiger partial charge in [0.25, 0.3) is 5.91 Å². The van der Waals surface area contributed by atoms with E-state index < -0.39 is 12.7 Å². The quantitative estimate of drug-likeness (QED) is 0.836. The normalized spacial score (nSPS) is 19.5. The SMILES string of the molecule is CCN(CC1CCN(C(=O)c2cscn2)C1)CC(F)(F)F. The van der Waals surface area contributed by atoms with Crippen LogP contribution in [-0.2, 0) is 0 Å². The highest BCUT2D eigenvalue weighted by Gasteiger charge is 2.33. The number of carbonyl (C=O) groups is 1. The second kappa shape index (κ2) is 6.74. The minimum Gasteiger partial charge on any atom is -0.337 e. The van der Waals surface area contributed by atoms with Gasteiger partial charge in [0.05, 0.1) is 12.1 Å². The molecule has 0 aliphatic carbocycles. The first-order valence-electron chi connectivity index (χ1n) is 6.85. The highest BCUT2D eigenvalue weighted by atomic mass is 32.1. The van der Waals surface area contributed by atoms with Crippen LogP contribution in [0.4, 0.5) is 13.2 Å². The fraction of sp³-hybridized carbons (Fsp3) is 0.692. The van der Waals surface area contributed by atoms with Gasteiger partial charge < -0.3 is 4.90 Å². The standard InChI is InChI=1S/C13H18F3N3OS/c1-2-18(8-13(14,15)16)5-10-3-4-19(6-10)12(20)11-7-21-9-17-11/h7,9-10H,2-6,8H2,1H3. The van der Waals surface area contributed by atoms with E-state index in [1.807, 2.05) is 0 Å². The fourth-order valence-corrected chi connectivity index (χ4v) is 3.10. The zero-order chi connectivity index (χ0) is 15.5. The van der Waals surface area contributed by atoms with Crippen molar-refractivity contribution < 1.29 is 18.0 Å². The number of amides is 1. The molecule has 8 heteroatoms. The number of aromatic nitrogens is 1. The number of rotatable bonds is 5. The minimum absolute atomic E-state index is 0.0925. The maximum Gasteiger partial charge on any atom is 0.401 e. The molecule has 0 saturated carbocycles. The maximum atomic E-state index is 12.4. The smallest absolute Gasteiger partial charge is 0.337 e. The van der Waals surface area contributed by atoms with Crippen LogP contribution < -0.4 is 0 Å².